The van der Waals surface area contributed by atoms with E-state index < -0.39 is 0 Å². The van der Waals surface area contributed by atoms with Gasteiger partial charge in [-0.1, -0.05) is 30.2 Å². The van der Waals surface area contributed by atoms with Gasteiger partial charge in [0.05, 0.1) is 6.10 Å². The molecular weight excluding hydrogens is 196 g/mol. The van der Waals surface area contributed by atoms with Gasteiger partial charge in [0.25, 0.3) is 0 Å². The fourth-order valence-corrected chi connectivity index (χ4v) is 3.64. The van der Waals surface area contributed by atoms with E-state index in [0.717, 1.165) is 12.8 Å². The Balaban J connectivity index is 2.28. The molecule has 2 aliphatic carbocycles. The third-order valence-corrected chi connectivity index (χ3v) is 4.66. The molecule has 1 nitrogen and oxygen atoms in total. The molecule has 90 valence electrons. The van der Waals surface area contributed by atoms with Crippen molar-refractivity contribution in [3.8, 4) is 0 Å². The number of hydrogen-bond acceptors (Lipinski definition) is 1. The first-order valence-electron chi connectivity index (χ1n) is 6.45. The van der Waals surface area contributed by atoms with Crippen molar-refractivity contribution in [2.75, 3.05) is 0 Å². The van der Waals surface area contributed by atoms with E-state index in [1.165, 1.54) is 30.4 Å². The van der Waals surface area contributed by atoms with Crippen LogP contribution in [-0.4, -0.2) is 11.2 Å². The van der Waals surface area contributed by atoms with E-state index in [-0.39, 0.29) is 11.5 Å². The number of hydrogen-bond donors (Lipinski definition) is 1. The van der Waals surface area contributed by atoms with Gasteiger partial charge in [-0.05, 0) is 57.3 Å². The topological polar surface area (TPSA) is 20.2 Å². The van der Waals surface area contributed by atoms with Gasteiger partial charge in [-0.2, -0.15) is 0 Å². The van der Waals surface area contributed by atoms with Crippen LogP contribution < -0.4 is 0 Å². The lowest BCUT2D eigenvalue weighted by atomic mass is 9.60. The predicted molar refractivity (Wildman–Crippen MR) is 68.2 cm³/mol. The van der Waals surface area contributed by atoms with E-state index in [9.17, 15) is 5.11 Å². The maximum atomic E-state index is 9.91. The first-order chi connectivity index (χ1) is 7.42. The minimum absolute atomic E-state index is 0.116. The third-order valence-electron chi connectivity index (χ3n) is 4.66. The number of allylic oxidation sites excluding steroid dienone is 2. The highest BCUT2D eigenvalue weighted by Gasteiger charge is 2.40. The summed E-state index contributed by atoms with van der Waals surface area (Å²) in [6, 6.07) is 0. The first kappa shape index (κ1) is 11.9. The molecule has 0 aromatic rings. The van der Waals surface area contributed by atoms with Gasteiger partial charge in [0.1, 0.15) is 0 Å². The smallest absolute Gasteiger partial charge is 0.0585 e. The molecular formula is C15H24O. The Morgan fingerprint density at radius 2 is 2.12 bits per heavy atom. The van der Waals surface area contributed by atoms with Crippen molar-refractivity contribution >= 4 is 0 Å². The van der Waals surface area contributed by atoms with Gasteiger partial charge in [0.15, 0.2) is 0 Å². The lowest BCUT2D eigenvalue weighted by Gasteiger charge is -2.45. The molecule has 3 atom stereocenters. The molecule has 0 radical (unpaired) electrons. The lowest BCUT2D eigenvalue weighted by molar-refractivity contribution is 0.0881. The molecule has 1 N–H and O–H groups in total. The van der Waals surface area contributed by atoms with Gasteiger partial charge in [-0.15, -0.1) is 0 Å². The second-order valence-corrected chi connectivity index (χ2v) is 6.17. The van der Waals surface area contributed by atoms with Crippen LogP contribution in [0.1, 0.15) is 52.9 Å². The highest BCUT2D eigenvalue weighted by atomic mass is 16.3. The van der Waals surface area contributed by atoms with Crippen molar-refractivity contribution in [1.29, 1.82) is 0 Å². The highest BCUT2D eigenvalue weighted by molar-refractivity contribution is 5.28. The quantitative estimate of drug-likeness (QED) is 0.666. The molecule has 1 heteroatoms. The summed E-state index contributed by atoms with van der Waals surface area (Å²) in [7, 11) is 0. The summed E-state index contributed by atoms with van der Waals surface area (Å²) in [6.07, 6.45) is 5.37. The van der Waals surface area contributed by atoms with Gasteiger partial charge >= 0.3 is 0 Å². The molecule has 1 fully saturated rings. The monoisotopic (exact) mass is 220 g/mol. The standard InChI is InChI=1S/C15H24O/c1-10(2)12-5-6-15(4)9-13(16)7-11(3)14(15)8-12/h12-13,16H,1,5-9H2,2-4H3. The molecule has 2 aliphatic rings. The maximum absolute atomic E-state index is 9.91. The fourth-order valence-electron chi connectivity index (χ4n) is 3.64. The molecule has 0 aliphatic heterocycles. The zero-order valence-corrected chi connectivity index (χ0v) is 10.8. The largest absolute Gasteiger partial charge is 0.393 e. The highest BCUT2D eigenvalue weighted by Crippen LogP contribution is 2.51. The number of aliphatic hydroxyl groups is 1. The average Bonchev–Trinajstić information content (AvgIpc) is 2.15. The van der Waals surface area contributed by atoms with Crippen LogP contribution in [0.25, 0.3) is 0 Å². The number of fused-ring (bicyclic) bond motifs is 1. The van der Waals surface area contributed by atoms with Crippen LogP contribution in [0.5, 0.6) is 0 Å². The molecule has 0 saturated heterocycles. The summed E-state index contributed by atoms with van der Waals surface area (Å²) >= 11 is 0. The SMILES string of the molecule is C=C(C)C1CCC2(C)CC(O)CC(C)=C2C1. The van der Waals surface area contributed by atoms with Crippen LogP contribution in [-0.2, 0) is 0 Å². The first-order valence-corrected chi connectivity index (χ1v) is 6.45. The van der Waals surface area contributed by atoms with Gasteiger partial charge in [-0.3, -0.25) is 0 Å². The predicted octanol–water partition coefficient (Wildman–Crippen LogP) is 3.84. The maximum Gasteiger partial charge on any atom is 0.0585 e. The van der Waals surface area contributed by atoms with E-state index in [1.807, 2.05) is 0 Å². The van der Waals surface area contributed by atoms with Gasteiger partial charge < -0.3 is 5.11 Å². The summed E-state index contributed by atoms with van der Waals surface area (Å²) in [5.74, 6) is 0.674. The number of aliphatic hydroxyl groups excluding tert-OH is 1. The summed E-state index contributed by atoms with van der Waals surface area (Å²) in [6.45, 7) is 10.8. The van der Waals surface area contributed by atoms with Crippen molar-refractivity contribution in [2.45, 2.75) is 59.0 Å². The second-order valence-electron chi connectivity index (χ2n) is 6.17. The van der Waals surface area contributed by atoms with E-state index in [4.69, 9.17) is 0 Å². The molecule has 2 rings (SSSR count). The fraction of sp³-hybridized carbons (Fsp3) is 0.733. The lowest BCUT2D eigenvalue weighted by Crippen LogP contribution is -2.36. The second kappa shape index (κ2) is 4.03. The summed E-state index contributed by atoms with van der Waals surface area (Å²) < 4.78 is 0. The molecule has 16 heavy (non-hydrogen) atoms. The Hall–Kier alpha value is -0.560. The van der Waals surface area contributed by atoms with Gasteiger partial charge in [0, 0.05) is 0 Å². The van der Waals surface area contributed by atoms with Crippen molar-refractivity contribution in [2.24, 2.45) is 11.3 Å². The normalized spacial score (nSPS) is 39.5. The van der Waals surface area contributed by atoms with Crippen molar-refractivity contribution in [3.63, 3.8) is 0 Å². The van der Waals surface area contributed by atoms with E-state index in [0.29, 0.717) is 5.92 Å². The molecule has 0 amide bonds. The van der Waals surface area contributed by atoms with Crippen molar-refractivity contribution in [1.82, 2.24) is 0 Å². The van der Waals surface area contributed by atoms with Crippen molar-refractivity contribution < 1.29 is 5.11 Å². The molecule has 0 aromatic heterocycles. The van der Waals surface area contributed by atoms with Gasteiger partial charge in [-0.25, -0.2) is 0 Å². The average molecular weight is 220 g/mol. The Bertz CT molecular complexity index is 339. The Kier molecular flexibility index (Phi) is 3.00. The minimum Gasteiger partial charge on any atom is -0.393 e. The Morgan fingerprint density at radius 3 is 2.75 bits per heavy atom. The molecule has 0 heterocycles. The zero-order chi connectivity index (χ0) is 11.9. The number of rotatable bonds is 1. The summed E-state index contributed by atoms with van der Waals surface area (Å²) in [5.41, 5.74) is 4.66. The van der Waals surface area contributed by atoms with Crippen LogP contribution in [0, 0.1) is 11.3 Å². The van der Waals surface area contributed by atoms with Gasteiger partial charge in [0.2, 0.25) is 0 Å². The molecule has 1 saturated carbocycles. The van der Waals surface area contributed by atoms with Crippen molar-refractivity contribution in [3.05, 3.63) is 23.3 Å². The third kappa shape index (κ3) is 1.98. The van der Waals surface area contributed by atoms with Crippen LogP contribution in [0.2, 0.25) is 0 Å². The molecule has 0 spiro atoms. The Morgan fingerprint density at radius 1 is 1.44 bits per heavy atom. The van der Waals surface area contributed by atoms with E-state index in [2.05, 4.69) is 27.4 Å². The molecule has 3 unspecified atom stereocenters. The summed E-state index contributed by atoms with van der Waals surface area (Å²) in [5, 5.41) is 9.91. The minimum atomic E-state index is -0.116. The van der Waals surface area contributed by atoms with Crippen LogP contribution in [0.3, 0.4) is 0 Å². The Labute approximate surface area is 99.3 Å². The van der Waals surface area contributed by atoms with E-state index in [1.54, 1.807) is 5.57 Å². The van der Waals surface area contributed by atoms with E-state index >= 15 is 0 Å². The summed E-state index contributed by atoms with van der Waals surface area (Å²) in [4.78, 5) is 0. The van der Waals surface area contributed by atoms with Crippen LogP contribution >= 0.6 is 0 Å². The molecule has 0 bridgehead atoms. The zero-order valence-electron chi connectivity index (χ0n) is 10.8. The van der Waals surface area contributed by atoms with Crippen LogP contribution in [0.4, 0.5) is 0 Å². The van der Waals surface area contributed by atoms with Crippen LogP contribution in [0.15, 0.2) is 23.3 Å². The molecule has 0 aromatic carbocycles.